The maximum Gasteiger partial charge on any atom is 0.251 e. The lowest BCUT2D eigenvalue weighted by Gasteiger charge is -2.19. The molecule has 1 aliphatic carbocycles. The van der Waals surface area contributed by atoms with Crippen LogP contribution in [0.15, 0.2) is 27.6 Å². The topological polar surface area (TPSA) is 77.1 Å². The van der Waals surface area contributed by atoms with Gasteiger partial charge in [-0.15, -0.1) is 0 Å². The molecule has 1 aliphatic rings. The summed E-state index contributed by atoms with van der Waals surface area (Å²) in [6.07, 6.45) is 4.76. The zero-order valence-electron chi connectivity index (χ0n) is 10.6. The van der Waals surface area contributed by atoms with E-state index in [-0.39, 0.29) is 24.1 Å². The molecule has 0 aromatic carbocycles. The van der Waals surface area contributed by atoms with E-state index < -0.39 is 0 Å². The van der Waals surface area contributed by atoms with Crippen LogP contribution in [0.2, 0.25) is 0 Å². The van der Waals surface area contributed by atoms with Gasteiger partial charge in [0.15, 0.2) is 0 Å². The Hall–Kier alpha value is -1.14. The van der Waals surface area contributed by atoms with Gasteiger partial charge in [0.05, 0.1) is 0 Å². The molecule has 0 bridgehead atoms. The number of aromatic nitrogens is 1. The summed E-state index contributed by atoms with van der Waals surface area (Å²) in [6, 6.07) is 3.26. The third kappa shape index (κ3) is 3.67. The second kappa shape index (κ2) is 6.34. The van der Waals surface area contributed by atoms with Crippen LogP contribution in [-0.2, 0) is 11.3 Å². The molecule has 5 nitrogen and oxygen atoms in total. The predicted molar refractivity (Wildman–Crippen MR) is 76.7 cm³/mol. The molecule has 1 amide bonds. The van der Waals surface area contributed by atoms with Gasteiger partial charge in [0, 0.05) is 22.8 Å². The van der Waals surface area contributed by atoms with E-state index in [1.807, 2.05) is 0 Å². The number of pyridine rings is 1. The molecule has 0 radical (unpaired) electrons. The van der Waals surface area contributed by atoms with Gasteiger partial charge >= 0.3 is 0 Å². The SMILES string of the molecule is NCC1CCCC1NC(=O)Cn1cc(Br)ccc1=O. The van der Waals surface area contributed by atoms with E-state index in [1.165, 1.54) is 10.6 Å². The van der Waals surface area contributed by atoms with Gasteiger partial charge in [0.1, 0.15) is 6.54 Å². The minimum atomic E-state index is -0.180. The highest BCUT2D eigenvalue weighted by Crippen LogP contribution is 2.24. The molecule has 2 rings (SSSR count). The highest BCUT2D eigenvalue weighted by atomic mass is 79.9. The van der Waals surface area contributed by atoms with Crippen molar-refractivity contribution in [1.29, 1.82) is 0 Å². The minimum Gasteiger partial charge on any atom is -0.351 e. The smallest absolute Gasteiger partial charge is 0.251 e. The molecule has 1 saturated carbocycles. The summed E-state index contributed by atoms with van der Waals surface area (Å²) in [6.45, 7) is 0.647. The molecule has 2 unspecified atom stereocenters. The van der Waals surface area contributed by atoms with Crippen molar-refractivity contribution in [2.45, 2.75) is 31.8 Å². The lowest BCUT2D eigenvalue weighted by Crippen LogP contribution is -2.42. The number of carbonyl (C=O) groups is 1. The maximum absolute atomic E-state index is 12.0. The van der Waals surface area contributed by atoms with Crippen LogP contribution in [0.4, 0.5) is 0 Å². The van der Waals surface area contributed by atoms with Crippen molar-refractivity contribution in [3.05, 3.63) is 33.2 Å². The molecule has 1 fully saturated rings. The Morgan fingerprint density at radius 2 is 2.26 bits per heavy atom. The van der Waals surface area contributed by atoms with Gasteiger partial charge in [-0.1, -0.05) is 6.42 Å². The van der Waals surface area contributed by atoms with Crippen LogP contribution in [0.1, 0.15) is 19.3 Å². The normalized spacial score (nSPS) is 22.4. The summed E-state index contributed by atoms with van der Waals surface area (Å²) in [4.78, 5) is 23.6. The Morgan fingerprint density at radius 1 is 1.47 bits per heavy atom. The van der Waals surface area contributed by atoms with Crippen LogP contribution in [0.3, 0.4) is 0 Å². The molecule has 19 heavy (non-hydrogen) atoms. The van der Waals surface area contributed by atoms with Gasteiger partial charge in [-0.25, -0.2) is 0 Å². The fraction of sp³-hybridized carbons (Fsp3) is 0.538. The Balaban J connectivity index is 1.97. The van der Waals surface area contributed by atoms with Gasteiger partial charge in [-0.05, 0) is 47.3 Å². The van der Waals surface area contributed by atoms with Crippen molar-refractivity contribution >= 4 is 21.8 Å². The summed E-state index contributed by atoms with van der Waals surface area (Å²) < 4.78 is 2.17. The third-order valence-electron chi connectivity index (χ3n) is 3.57. The van der Waals surface area contributed by atoms with E-state index in [0.29, 0.717) is 12.5 Å². The zero-order chi connectivity index (χ0) is 13.8. The van der Waals surface area contributed by atoms with E-state index in [2.05, 4.69) is 21.2 Å². The molecule has 104 valence electrons. The van der Waals surface area contributed by atoms with E-state index in [4.69, 9.17) is 5.73 Å². The quantitative estimate of drug-likeness (QED) is 0.860. The van der Waals surface area contributed by atoms with E-state index in [0.717, 1.165) is 23.7 Å². The van der Waals surface area contributed by atoms with Crippen LogP contribution >= 0.6 is 15.9 Å². The Morgan fingerprint density at radius 3 is 3.00 bits per heavy atom. The maximum atomic E-state index is 12.0. The average molecular weight is 328 g/mol. The van der Waals surface area contributed by atoms with E-state index in [1.54, 1.807) is 12.3 Å². The molecule has 0 spiro atoms. The standard InChI is InChI=1S/C13H18BrN3O2/c14-10-4-5-13(19)17(7-10)8-12(18)16-11-3-1-2-9(11)6-15/h4-5,7,9,11H,1-3,6,8,15H2,(H,16,18). The molecule has 6 heteroatoms. The summed E-state index contributed by atoms with van der Waals surface area (Å²) in [5.41, 5.74) is 5.50. The largest absolute Gasteiger partial charge is 0.351 e. The van der Waals surface area contributed by atoms with E-state index >= 15 is 0 Å². The highest BCUT2D eigenvalue weighted by Gasteiger charge is 2.27. The highest BCUT2D eigenvalue weighted by molar-refractivity contribution is 9.10. The molecule has 1 heterocycles. The number of nitrogens with one attached hydrogen (secondary N) is 1. The van der Waals surface area contributed by atoms with E-state index in [9.17, 15) is 9.59 Å². The van der Waals surface area contributed by atoms with Crippen LogP contribution in [0.25, 0.3) is 0 Å². The van der Waals surface area contributed by atoms with Crippen molar-refractivity contribution in [2.75, 3.05) is 6.54 Å². The number of hydrogen-bond acceptors (Lipinski definition) is 3. The van der Waals surface area contributed by atoms with Crippen LogP contribution in [-0.4, -0.2) is 23.1 Å². The van der Waals surface area contributed by atoms with Crippen LogP contribution in [0.5, 0.6) is 0 Å². The molecule has 1 aromatic rings. The number of nitrogens with zero attached hydrogens (tertiary/aromatic N) is 1. The summed E-state index contributed by atoms with van der Waals surface area (Å²) >= 11 is 3.29. The Bertz CT molecular complexity index is 515. The first kappa shape index (κ1) is 14.3. The van der Waals surface area contributed by atoms with Crippen molar-refractivity contribution in [3.63, 3.8) is 0 Å². The zero-order valence-corrected chi connectivity index (χ0v) is 12.2. The fourth-order valence-corrected chi connectivity index (χ4v) is 2.92. The van der Waals surface area contributed by atoms with Gasteiger partial charge in [0.2, 0.25) is 5.91 Å². The van der Waals surface area contributed by atoms with Crippen molar-refractivity contribution < 1.29 is 4.79 Å². The molecule has 0 saturated heterocycles. The second-order valence-corrected chi connectivity index (χ2v) is 5.83. The monoisotopic (exact) mass is 327 g/mol. The molecule has 0 aliphatic heterocycles. The van der Waals surface area contributed by atoms with Gasteiger partial charge in [-0.3, -0.25) is 9.59 Å². The number of rotatable bonds is 4. The lowest BCUT2D eigenvalue weighted by atomic mass is 10.0. The molecule has 2 atom stereocenters. The third-order valence-corrected chi connectivity index (χ3v) is 4.04. The molecule has 3 N–H and O–H groups in total. The van der Waals surface area contributed by atoms with Gasteiger partial charge < -0.3 is 15.6 Å². The summed E-state index contributed by atoms with van der Waals surface area (Å²) in [7, 11) is 0. The summed E-state index contributed by atoms with van der Waals surface area (Å²) in [5, 5.41) is 2.98. The van der Waals surface area contributed by atoms with Gasteiger partial charge in [-0.2, -0.15) is 0 Å². The number of nitrogens with two attached hydrogens (primary N) is 1. The Kier molecular flexibility index (Phi) is 4.76. The van der Waals surface area contributed by atoms with Crippen molar-refractivity contribution in [2.24, 2.45) is 11.7 Å². The summed E-state index contributed by atoms with van der Waals surface area (Å²) in [5.74, 6) is 0.230. The van der Waals surface area contributed by atoms with Gasteiger partial charge in [0.25, 0.3) is 5.56 Å². The molecule has 1 aromatic heterocycles. The number of hydrogen-bond donors (Lipinski definition) is 2. The van der Waals surface area contributed by atoms with Crippen molar-refractivity contribution in [1.82, 2.24) is 9.88 Å². The average Bonchev–Trinajstić information content (AvgIpc) is 2.81. The number of halogens is 1. The Labute approximate surface area is 120 Å². The van der Waals surface area contributed by atoms with Crippen molar-refractivity contribution in [3.8, 4) is 0 Å². The lowest BCUT2D eigenvalue weighted by molar-refractivity contribution is -0.122. The van der Waals surface area contributed by atoms with Crippen LogP contribution < -0.4 is 16.6 Å². The fourth-order valence-electron chi connectivity index (χ4n) is 2.54. The molecular weight excluding hydrogens is 310 g/mol. The first-order valence-corrected chi connectivity index (χ1v) is 7.25. The minimum absolute atomic E-state index is 0.0477. The van der Waals surface area contributed by atoms with Crippen LogP contribution in [0, 0.1) is 5.92 Å². The number of carbonyl (C=O) groups excluding carboxylic acids is 1. The first-order chi connectivity index (χ1) is 9.10. The molecular formula is C13H18BrN3O2. The first-order valence-electron chi connectivity index (χ1n) is 6.45. The number of amides is 1. The predicted octanol–water partition coefficient (Wildman–Crippen LogP) is 0.854. The second-order valence-electron chi connectivity index (χ2n) is 4.91.